The highest BCUT2D eigenvalue weighted by Gasteiger charge is 2.49. The zero-order chi connectivity index (χ0) is 36.9. The summed E-state index contributed by atoms with van der Waals surface area (Å²) in [6.45, 7) is -2.00. The van der Waals surface area contributed by atoms with Crippen LogP contribution in [0.15, 0.2) is 17.8 Å². The van der Waals surface area contributed by atoms with Gasteiger partial charge in [0.05, 0.1) is 19.3 Å². The van der Waals surface area contributed by atoms with Crippen molar-refractivity contribution in [1.29, 1.82) is 0 Å². The fourth-order valence-electron chi connectivity index (χ4n) is 5.02. The summed E-state index contributed by atoms with van der Waals surface area (Å²) >= 11 is 0. The van der Waals surface area contributed by atoms with E-state index in [-0.39, 0.29) is 40.4 Å². The number of phosphoric ester groups is 1. The number of aromatic nitrogens is 9. The molecule has 29 nitrogen and oxygen atoms in total. The largest absolute Gasteiger partial charge is 0.490 e. The fourth-order valence-corrected chi connectivity index (χ4v) is 8.60. The predicted molar refractivity (Wildman–Crippen MR) is 160 cm³/mol. The maximum Gasteiger partial charge on any atom is 0.490 e. The Hall–Kier alpha value is -3.85. The summed E-state index contributed by atoms with van der Waals surface area (Å²) < 4.78 is 69.2. The van der Waals surface area contributed by atoms with Crippen molar-refractivity contribution in [3.05, 3.63) is 23.1 Å². The first-order valence-electron chi connectivity index (χ1n) is 13.9. The number of nitrogens with zero attached hydrogens (tertiary/aromatic N) is 12. The maximum absolute atomic E-state index is 13.7. The molecule has 0 bridgehead atoms. The van der Waals surface area contributed by atoms with Gasteiger partial charge in [-0.05, 0) is 10.6 Å². The zero-order valence-electron chi connectivity index (χ0n) is 25.0. The Morgan fingerprint density at radius 2 is 1.57 bits per heavy atom. The zero-order valence-corrected chi connectivity index (χ0v) is 27.7. The van der Waals surface area contributed by atoms with Crippen molar-refractivity contribution >= 4 is 63.4 Å². The van der Waals surface area contributed by atoms with Gasteiger partial charge < -0.3 is 50.9 Å². The van der Waals surface area contributed by atoms with E-state index in [2.05, 4.69) is 53.9 Å². The van der Waals surface area contributed by atoms with Gasteiger partial charge in [0.25, 0.3) is 0 Å². The van der Waals surface area contributed by atoms with Crippen LogP contribution in [-0.2, 0) is 40.8 Å². The lowest BCUT2D eigenvalue weighted by molar-refractivity contribution is -0.0597. The normalized spacial score (nSPS) is 27.8. The van der Waals surface area contributed by atoms with Gasteiger partial charge in [-0.1, -0.05) is 5.21 Å². The van der Waals surface area contributed by atoms with Gasteiger partial charge in [0.2, 0.25) is 5.95 Å². The highest BCUT2D eigenvalue weighted by atomic mass is 31.3. The average Bonchev–Trinajstić information content (AvgIpc) is 3.79. The van der Waals surface area contributed by atoms with Crippen LogP contribution >= 0.6 is 23.5 Å². The number of imidazole rings is 1. The molecule has 0 aromatic carbocycles. The molecule has 10 N–H and O–H groups in total. The number of ether oxygens (including phenoxy) is 2. The number of fused-ring (bicyclic) bond motifs is 2. The molecule has 4 aromatic rings. The van der Waals surface area contributed by atoms with Gasteiger partial charge in [0, 0.05) is 11.3 Å². The summed E-state index contributed by atoms with van der Waals surface area (Å²) in [5, 5.41) is 43.4. The molecule has 6 rings (SSSR count). The minimum Gasteiger partial charge on any atom is -0.390 e. The molecule has 2 fully saturated rings. The number of nitrogens with two attached hydrogens (primary N) is 2. The Morgan fingerprint density at radius 3 is 2.24 bits per heavy atom. The molecule has 0 radical (unpaired) electrons. The fraction of sp³-hybridized carbons (Fsp3) is 0.526. The number of anilines is 2. The van der Waals surface area contributed by atoms with E-state index in [0.717, 1.165) is 21.9 Å². The van der Waals surface area contributed by atoms with Crippen LogP contribution in [0.5, 0.6) is 0 Å². The summed E-state index contributed by atoms with van der Waals surface area (Å²) in [6.07, 6.45) is -8.84. The quantitative estimate of drug-likeness (QED) is 0.0342. The molecule has 4 aromatic heterocycles. The molecule has 2 unspecified atom stereocenters. The molecule has 2 aliphatic heterocycles. The minimum absolute atomic E-state index is 0.00854. The van der Waals surface area contributed by atoms with Gasteiger partial charge >= 0.3 is 23.5 Å². The molecule has 32 heteroatoms. The number of hydrogen-bond acceptors (Lipinski definition) is 22. The van der Waals surface area contributed by atoms with Crippen molar-refractivity contribution in [2.24, 2.45) is 5.11 Å². The number of azide groups is 1. The van der Waals surface area contributed by atoms with E-state index in [0.29, 0.717) is 0 Å². The Bertz CT molecular complexity index is 2140. The van der Waals surface area contributed by atoms with Crippen LogP contribution in [0.25, 0.3) is 32.8 Å². The first-order chi connectivity index (χ1) is 24.0. The number of hydrogen-bond donors (Lipinski definition) is 8. The van der Waals surface area contributed by atoms with E-state index < -0.39 is 85.6 Å². The average molecular weight is 782 g/mol. The lowest BCUT2D eigenvalue weighted by atomic mass is 10.1. The van der Waals surface area contributed by atoms with Crippen molar-refractivity contribution < 1.29 is 70.8 Å². The Kier molecular flexibility index (Phi) is 10.1. The Morgan fingerprint density at radius 1 is 0.922 bits per heavy atom. The monoisotopic (exact) mass is 782 g/mol. The second-order valence-electron chi connectivity index (χ2n) is 10.5. The first-order valence-corrected chi connectivity index (χ1v) is 18.4. The van der Waals surface area contributed by atoms with Crippen LogP contribution in [0.3, 0.4) is 0 Å². The summed E-state index contributed by atoms with van der Waals surface area (Å²) in [5.74, 6) is -0.554. The van der Waals surface area contributed by atoms with E-state index in [1.54, 1.807) is 0 Å². The number of aliphatic hydroxyl groups is 3. The number of nitrogen functional groups attached to an aromatic ring is 2. The molecule has 0 spiro atoms. The topological polar surface area (TPSA) is 429 Å². The molecule has 276 valence electrons. The smallest absolute Gasteiger partial charge is 0.390 e. The molecular formula is C19H25N14O15P3. The van der Waals surface area contributed by atoms with Crippen molar-refractivity contribution in [3.63, 3.8) is 0 Å². The molecule has 2 aliphatic rings. The van der Waals surface area contributed by atoms with E-state index in [1.165, 1.54) is 0 Å². The van der Waals surface area contributed by atoms with Gasteiger partial charge in [0.1, 0.15) is 37.1 Å². The molecule has 6 heterocycles. The SMILES string of the molecule is [N-]=[N+]=Nc1nc2c(N)ncnc2n1[C@@H]1O[C@H](COP(=O)(OC[C@H]2O[C@@H](n3nnc4c(N)ncnc43)C[C@@H]2O)OP(=O)(O)OP(=O)(O)O)[C@@H](O)[C@H]1O. The number of aliphatic hydroxyl groups excluding tert-OH is 3. The van der Waals surface area contributed by atoms with Crippen LogP contribution in [-0.4, -0.2) is 118 Å². The first kappa shape index (κ1) is 36.9. The number of phosphoric acid groups is 3. The van der Waals surface area contributed by atoms with E-state index >= 15 is 0 Å². The van der Waals surface area contributed by atoms with Crippen molar-refractivity contribution in [3.8, 4) is 0 Å². The van der Waals surface area contributed by atoms with Gasteiger partial charge in [0.15, 0.2) is 46.4 Å². The van der Waals surface area contributed by atoms with Crippen molar-refractivity contribution in [2.45, 2.75) is 49.4 Å². The highest BCUT2D eigenvalue weighted by Crippen LogP contribution is 2.68. The van der Waals surface area contributed by atoms with E-state index in [1.807, 2.05) is 0 Å². The van der Waals surface area contributed by atoms with Crippen molar-refractivity contribution in [2.75, 3.05) is 24.7 Å². The lowest BCUT2D eigenvalue weighted by Gasteiger charge is -2.24. The standard InChI is InChI=1S/C19H25N14O15P3/c20-14-10-16(25-4-23-14)32(19(27-10)29-30-22)18-13(36)12(35)8(46-18)3-44-51(42,48-50(40,41)47-49(37,38)39)43-2-7-6(34)1-9(45-7)33-17-11(28-31-33)15(21)24-5-26-17/h4-9,12-13,18,34-36H,1-3H2,(H,40,41)(H2,20,23,25)(H2,21,24,26)(H2,37,38,39)/t6-,7+,8+,9+,12+,13+,18+,51?/m0/s1. The maximum atomic E-state index is 13.7. The van der Waals surface area contributed by atoms with E-state index in [4.69, 9.17) is 45.3 Å². The third-order valence-corrected chi connectivity index (χ3v) is 11.4. The second kappa shape index (κ2) is 13.9. The van der Waals surface area contributed by atoms with Gasteiger partial charge in [-0.15, -0.1) is 5.10 Å². The van der Waals surface area contributed by atoms with Crippen LogP contribution in [0.2, 0.25) is 0 Å². The minimum atomic E-state index is -5.95. The van der Waals surface area contributed by atoms with Crippen LogP contribution in [0, 0.1) is 0 Å². The van der Waals surface area contributed by atoms with Gasteiger partial charge in [-0.25, -0.2) is 38.6 Å². The van der Waals surface area contributed by atoms with Crippen LogP contribution < -0.4 is 11.5 Å². The van der Waals surface area contributed by atoms with Crippen LogP contribution in [0.1, 0.15) is 18.9 Å². The Labute approximate surface area is 281 Å². The molecular weight excluding hydrogens is 757 g/mol. The summed E-state index contributed by atoms with van der Waals surface area (Å²) in [7, 11) is -17.2. The molecule has 0 amide bonds. The third kappa shape index (κ3) is 7.69. The second-order valence-corrected chi connectivity index (χ2v) is 15.1. The van der Waals surface area contributed by atoms with Crippen LogP contribution in [0.4, 0.5) is 17.6 Å². The molecule has 51 heavy (non-hydrogen) atoms. The molecule has 0 saturated carbocycles. The summed E-state index contributed by atoms with van der Waals surface area (Å²) in [4.78, 5) is 50.2. The molecule has 0 aliphatic carbocycles. The summed E-state index contributed by atoms with van der Waals surface area (Å²) in [6, 6.07) is 0. The highest BCUT2D eigenvalue weighted by molar-refractivity contribution is 7.66. The van der Waals surface area contributed by atoms with Crippen molar-refractivity contribution in [1.82, 2.24) is 44.5 Å². The Balaban J connectivity index is 1.20. The third-order valence-electron chi connectivity index (χ3n) is 7.19. The van der Waals surface area contributed by atoms with Gasteiger partial charge in [-0.2, -0.15) is 13.3 Å². The summed E-state index contributed by atoms with van der Waals surface area (Å²) in [5.41, 5.74) is 20.7. The lowest BCUT2D eigenvalue weighted by Crippen LogP contribution is -2.34. The predicted octanol–water partition coefficient (Wildman–Crippen LogP) is -1.20. The molecule has 2 saturated heterocycles. The molecule has 9 atom stereocenters. The number of rotatable bonds is 13. The van der Waals surface area contributed by atoms with E-state index in [9.17, 15) is 33.9 Å². The van der Waals surface area contributed by atoms with Gasteiger partial charge in [-0.3, -0.25) is 13.6 Å².